The summed E-state index contributed by atoms with van der Waals surface area (Å²) in [6, 6.07) is 2.76. The molecule has 0 aliphatic carbocycles. The lowest BCUT2D eigenvalue weighted by Gasteiger charge is -2.18. The maximum Gasteiger partial charge on any atom is 0.0316 e. The molecule has 2 heteroatoms. The van der Waals surface area contributed by atoms with Crippen molar-refractivity contribution >= 4 is 0 Å². The number of nitrogens with zero attached hydrogens (tertiary/aromatic N) is 2. The zero-order valence-electron chi connectivity index (χ0n) is 9.62. The molecule has 1 aromatic rings. The molecule has 0 aromatic carbocycles. The van der Waals surface area contributed by atoms with E-state index in [4.69, 9.17) is 0 Å². The molecule has 0 fully saturated rings. The Morgan fingerprint density at radius 3 is 2.43 bits per heavy atom. The fourth-order valence-corrected chi connectivity index (χ4v) is 1.61. The second-order valence-electron chi connectivity index (χ2n) is 3.64. The molecule has 0 saturated heterocycles. The van der Waals surface area contributed by atoms with Gasteiger partial charge in [-0.1, -0.05) is 13.8 Å². The van der Waals surface area contributed by atoms with E-state index in [1.807, 2.05) is 26.2 Å². The van der Waals surface area contributed by atoms with Gasteiger partial charge in [-0.2, -0.15) is 0 Å². The van der Waals surface area contributed by atoms with E-state index in [1.165, 1.54) is 11.1 Å². The molecule has 0 saturated carbocycles. The quantitative estimate of drug-likeness (QED) is 0.680. The van der Waals surface area contributed by atoms with Crippen LogP contribution in [0.2, 0.25) is 0 Å². The van der Waals surface area contributed by atoms with Crippen molar-refractivity contribution in [2.45, 2.75) is 46.8 Å². The van der Waals surface area contributed by atoms with E-state index < -0.39 is 0 Å². The third kappa shape index (κ3) is 2.32. The van der Waals surface area contributed by atoms with Gasteiger partial charge < -0.3 is 0 Å². The van der Waals surface area contributed by atoms with Crippen LogP contribution in [-0.4, -0.2) is 15.9 Å². The number of hydrogen-bond acceptors (Lipinski definition) is 2. The Balaban J connectivity index is 0.000000461. The molecule has 1 aliphatic rings. The van der Waals surface area contributed by atoms with Crippen LogP contribution in [0.3, 0.4) is 0 Å². The van der Waals surface area contributed by atoms with Crippen molar-refractivity contribution < 1.29 is 0 Å². The van der Waals surface area contributed by atoms with Crippen LogP contribution in [0.4, 0.5) is 0 Å². The molecule has 78 valence electrons. The van der Waals surface area contributed by atoms with Crippen molar-refractivity contribution in [2.24, 2.45) is 0 Å². The molecule has 1 aliphatic heterocycles. The van der Waals surface area contributed by atoms with Gasteiger partial charge in [0.15, 0.2) is 0 Å². The molecular weight excluding hydrogens is 172 g/mol. The monoisotopic (exact) mass is 192 g/mol. The van der Waals surface area contributed by atoms with Crippen molar-refractivity contribution in [1.82, 2.24) is 9.88 Å². The van der Waals surface area contributed by atoms with Crippen LogP contribution in [0.15, 0.2) is 18.5 Å². The molecule has 0 amide bonds. The summed E-state index contributed by atoms with van der Waals surface area (Å²) >= 11 is 0. The summed E-state index contributed by atoms with van der Waals surface area (Å²) in [7, 11) is 0. The fraction of sp³-hybridized carbons (Fsp3) is 0.583. The summed E-state index contributed by atoms with van der Waals surface area (Å²) in [4.78, 5) is 6.57. The van der Waals surface area contributed by atoms with Gasteiger partial charge in [-0.25, -0.2) is 0 Å². The van der Waals surface area contributed by atoms with E-state index in [-0.39, 0.29) is 0 Å². The van der Waals surface area contributed by atoms with E-state index in [9.17, 15) is 0 Å². The Kier molecular flexibility index (Phi) is 4.08. The standard InChI is InChI=1S/C10H14N2.C2H6/c1-8(2)12-6-9-3-4-11-5-10(9)7-12;1-2/h3-5,8H,6-7H2,1-2H3;1-2H3. The average molecular weight is 192 g/mol. The zero-order valence-corrected chi connectivity index (χ0v) is 9.62. The molecule has 0 spiro atoms. The summed E-state index contributed by atoms with van der Waals surface area (Å²) in [5.41, 5.74) is 2.84. The van der Waals surface area contributed by atoms with E-state index in [0.717, 1.165) is 13.1 Å². The first-order valence-corrected chi connectivity index (χ1v) is 5.43. The summed E-state index contributed by atoms with van der Waals surface area (Å²) in [5.74, 6) is 0. The van der Waals surface area contributed by atoms with E-state index in [1.54, 1.807) is 0 Å². The first-order valence-electron chi connectivity index (χ1n) is 5.43. The third-order valence-electron chi connectivity index (χ3n) is 2.48. The lowest BCUT2D eigenvalue weighted by molar-refractivity contribution is 0.227. The van der Waals surface area contributed by atoms with Crippen LogP contribution in [0.5, 0.6) is 0 Å². The Labute approximate surface area is 87.0 Å². The van der Waals surface area contributed by atoms with Gasteiger partial charge in [0, 0.05) is 31.5 Å². The molecule has 0 unspecified atom stereocenters. The van der Waals surface area contributed by atoms with Crippen molar-refractivity contribution in [3.05, 3.63) is 29.6 Å². The van der Waals surface area contributed by atoms with Crippen molar-refractivity contribution in [2.75, 3.05) is 0 Å². The first-order chi connectivity index (χ1) is 6.77. The number of fused-ring (bicyclic) bond motifs is 1. The van der Waals surface area contributed by atoms with E-state index in [2.05, 4.69) is 29.8 Å². The minimum atomic E-state index is 0.636. The molecule has 0 atom stereocenters. The molecule has 2 heterocycles. The largest absolute Gasteiger partial charge is 0.292 e. The van der Waals surface area contributed by atoms with Gasteiger partial charge in [-0.3, -0.25) is 9.88 Å². The van der Waals surface area contributed by atoms with Crippen molar-refractivity contribution in [3.8, 4) is 0 Å². The van der Waals surface area contributed by atoms with Crippen LogP contribution in [0, 0.1) is 0 Å². The van der Waals surface area contributed by atoms with Crippen LogP contribution in [-0.2, 0) is 13.1 Å². The Morgan fingerprint density at radius 2 is 1.86 bits per heavy atom. The van der Waals surface area contributed by atoms with E-state index >= 15 is 0 Å². The van der Waals surface area contributed by atoms with Gasteiger partial charge in [-0.15, -0.1) is 0 Å². The smallest absolute Gasteiger partial charge is 0.0316 e. The molecule has 14 heavy (non-hydrogen) atoms. The predicted molar refractivity (Wildman–Crippen MR) is 60.0 cm³/mol. The average Bonchev–Trinajstić information content (AvgIpc) is 2.64. The van der Waals surface area contributed by atoms with Gasteiger partial charge in [0.05, 0.1) is 0 Å². The molecule has 0 bridgehead atoms. The highest BCUT2D eigenvalue weighted by molar-refractivity contribution is 5.26. The second kappa shape index (κ2) is 5.11. The lowest BCUT2D eigenvalue weighted by atomic mass is 10.2. The molecule has 1 aromatic heterocycles. The van der Waals surface area contributed by atoms with Crippen LogP contribution < -0.4 is 0 Å². The number of rotatable bonds is 1. The molecule has 2 nitrogen and oxygen atoms in total. The highest BCUT2D eigenvalue weighted by Gasteiger charge is 2.20. The van der Waals surface area contributed by atoms with Gasteiger partial charge in [0.1, 0.15) is 0 Å². The Hall–Kier alpha value is -0.890. The number of aromatic nitrogens is 1. The molecule has 2 rings (SSSR count). The first kappa shape index (κ1) is 11.2. The van der Waals surface area contributed by atoms with Gasteiger partial charge in [-0.05, 0) is 31.0 Å². The van der Waals surface area contributed by atoms with Crippen LogP contribution in [0.1, 0.15) is 38.8 Å². The molecule has 0 N–H and O–H groups in total. The van der Waals surface area contributed by atoms with Crippen molar-refractivity contribution in [1.29, 1.82) is 0 Å². The Bertz CT molecular complexity index is 256. The van der Waals surface area contributed by atoms with Gasteiger partial charge in [0.2, 0.25) is 0 Å². The second-order valence-corrected chi connectivity index (χ2v) is 3.64. The van der Waals surface area contributed by atoms with Crippen LogP contribution >= 0.6 is 0 Å². The molecular formula is C12H20N2. The maximum absolute atomic E-state index is 4.12. The summed E-state index contributed by atoms with van der Waals surface area (Å²) < 4.78 is 0. The topological polar surface area (TPSA) is 16.1 Å². The summed E-state index contributed by atoms with van der Waals surface area (Å²) in [6.07, 6.45) is 3.86. The number of hydrogen-bond donors (Lipinski definition) is 0. The normalized spacial score (nSPS) is 14.9. The summed E-state index contributed by atoms with van der Waals surface area (Å²) in [5, 5.41) is 0. The van der Waals surface area contributed by atoms with Crippen LogP contribution in [0.25, 0.3) is 0 Å². The highest BCUT2D eigenvalue weighted by Crippen LogP contribution is 2.22. The van der Waals surface area contributed by atoms with Gasteiger partial charge in [0.25, 0.3) is 0 Å². The number of pyridine rings is 1. The SMILES string of the molecule is CC.CC(C)N1Cc2ccncc2C1. The lowest BCUT2D eigenvalue weighted by Crippen LogP contribution is -2.24. The predicted octanol–water partition coefficient (Wildman–Crippen LogP) is 2.83. The Morgan fingerprint density at radius 1 is 1.21 bits per heavy atom. The maximum atomic E-state index is 4.12. The minimum Gasteiger partial charge on any atom is -0.292 e. The fourth-order valence-electron chi connectivity index (χ4n) is 1.61. The van der Waals surface area contributed by atoms with Gasteiger partial charge >= 0.3 is 0 Å². The minimum absolute atomic E-state index is 0.636. The zero-order chi connectivity index (χ0) is 10.6. The summed E-state index contributed by atoms with van der Waals surface area (Å²) in [6.45, 7) is 10.6. The third-order valence-corrected chi connectivity index (χ3v) is 2.48. The highest BCUT2D eigenvalue weighted by atomic mass is 15.2. The molecule has 0 radical (unpaired) electrons. The van der Waals surface area contributed by atoms with E-state index in [0.29, 0.717) is 6.04 Å². The van der Waals surface area contributed by atoms with Crippen molar-refractivity contribution in [3.63, 3.8) is 0 Å².